The number of fused-ring (bicyclic) bond motifs is 1. The van der Waals surface area contributed by atoms with Crippen LogP contribution in [0.3, 0.4) is 0 Å². The highest BCUT2D eigenvalue weighted by atomic mass is 35.5. The first-order valence-electron chi connectivity index (χ1n) is 8.52. The fraction of sp³-hybridized carbons (Fsp3) is 0.611. The SMILES string of the molecule is CC1CCc2ccccc2N1CCC(=O)NCC(N)C1CC1.Cl.Cl. The van der Waals surface area contributed by atoms with Gasteiger partial charge in [-0.3, -0.25) is 4.79 Å². The molecule has 2 aliphatic rings. The molecule has 2 atom stereocenters. The number of benzene rings is 1. The van der Waals surface area contributed by atoms with Crippen LogP contribution in [0.25, 0.3) is 0 Å². The molecule has 24 heavy (non-hydrogen) atoms. The van der Waals surface area contributed by atoms with E-state index in [0.717, 1.165) is 19.4 Å². The van der Waals surface area contributed by atoms with Crippen LogP contribution < -0.4 is 16.0 Å². The molecule has 3 N–H and O–H groups in total. The first kappa shape index (κ1) is 21.1. The van der Waals surface area contributed by atoms with Crippen LogP contribution in [0.4, 0.5) is 5.69 Å². The second-order valence-electron chi connectivity index (χ2n) is 6.77. The highest BCUT2D eigenvalue weighted by Gasteiger charge is 2.28. The van der Waals surface area contributed by atoms with Crippen molar-refractivity contribution in [1.29, 1.82) is 0 Å². The fourth-order valence-corrected chi connectivity index (χ4v) is 3.33. The van der Waals surface area contributed by atoms with Crippen molar-refractivity contribution in [2.75, 3.05) is 18.0 Å². The van der Waals surface area contributed by atoms with Crippen molar-refractivity contribution in [3.05, 3.63) is 29.8 Å². The lowest BCUT2D eigenvalue weighted by molar-refractivity contribution is -0.121. The van der Waals surface area contributed by atoms with Gasteiger partial charge in [0.1, 0.15) is 0 Å². The average Bonchev–Trinajstić information content (AvgIpc) is 3.36. The Hall–Kier alpha value is -0.970. The van der Waals surface area contributed by atoms with E-state index in [1.165, 1.54) is 24.1 Å². The Balaban J connectivity index is 0.00000144. The van der Waals surface area contributed by atoms with Crippen molar-refractivity contribution < 1.29 is 4.79 Å². The number of halogens is 2. The first-order chi connectivity index (χ1) is 10.6. The molecule has 0 radical (unpaired) electrons. The highest BCUT2D eigenvalue weighted by molar-refractivity contribution is 5.85. The number of nitrogens with zero attached hydrogens (tertiary/aromatic N) is 1. The number of nitrogens with one attached hydrogen (secondary N) is 1. The zero-order valence-electron chi connectivity index (χ0n) is 14.2. The van der Waals surface area contributed by atoms with Gasteiger partial charge in [0.2, 0.25) is 5.91 Å². The van der Waals surface area contributed by atoms with Gasteiger partial charge in [0.15, 0.2) is 0 Å². The lowest BCUT2D eigenvalue weighted by Gasteiger charge is -2.37. The minimum atomic E-state index is 0. The molecule has 0 bridgehead atoms. The predicted molar refractivity (Wildman–Crippen MR) is 104 cm³/mol. The Bertz CT molecular complexity index is 537. The number of rotatable bonds is 6. The highest BCUT2D eigenvalue weighted by Crippen LogP contribution is 2.31. The Morgan fingerprint density at radius 1 is 1.29 bits per heavy atom. The number of para-hydroxylation sites is 1. The van der Waals surface area contributed by atoms with Crippen LogP contribution in [0.1, 0.15) is 38.2 Å². The number of hydrogen-bond donors (Lipinski definition) is 2. The fourth-order valence-electron chi connectivity index (χ4n) is 3.33. The van der Waals surface area contributed by atoms with Crippen LogP contribution in [-0.4, -0.2) is 31.1 Å². The zero-order chi connectivity index (χ0) is 15.5. The molecular formula is C18H29Cl2N3O. The minimum Gasteiger partial charge on any atom is -0.368 e. The van der Waals surface area contributed by atoms with E-state index in [-0.39, 0.29) is 36.8 Å². The number of carbonyl (C=O) groups is 1. The van der Waals surface area contributed by atoms with Crippen LogP contribution in [0.2, 0.25) is 0 Å². The molecular weight excluding hydrogens is 345 g/mol. The van der Waals surface area contributed by atoms with E-state index < -0.39 is 0 Å². The van der Waals surface area contributed by atoms with Gasteiger partial charge in [-0.05, 0) is 50.2 Å². The molecule has 1 saturated carbocycles. The summed E-state index contributed by atoms with van der Waals surface area (Å²) in [7, 11) is 0. The van der Waals surface area contributed by atoms with E-state index in [1.807, 2.05) is 0 Å². The molecule has 1 heterocycles. The van der Waals surface area contributed by atoms with Gasteiger partial charge in [0.05, 0.1) is 0 Å². The number of carbonyl (C=O) groups excluding carboxylic acids is 1. The van der Waals surface area contributed by atoms with E-state index in [1.54, 1.807) is 0 Å². The molecule has 1 amide bonds. The predicted octanol–water partition coefficient (Wildman–Crippen LogP) is 2.91. The molecule has 0 spiro atoms. The zero-order valence-corrected chi connectivity index (χ0v) is 15.9. The summed E-state index contributed by atoms with van der Waals surface area (Å²) in [4.78, 5) is 14.4. The van der Waals surface area contributed by atoms with E-state index in [2.05, 4.69) is 41.4 Å². The smallest absolute Gasteiger partial charge is 0.221 e. The molecule has 1 aliphatic carbocycles. The molecule has 0 saturated heterocycles. The molecule has 2 unspecified atom stereocenters. The van der Waals surface area contributed by atoms with Gasteiger partial charge in [-0.2, -0.15) is 0 Å². The van der Waals surface area contributed by atoms with Crippen molar-refractivity contribution in [3.63, 3.8) is 0 Å². The van der Waals surface area contributed by atoms with E-state index >= 15 is 0 Å². The normalized spacial score (nSPS) is 20.2. The largest absolute Gasteiger partial charge is 0.368 e. The summed E-state index contributed by atoms with van der Waals surface area (Å²) < 4.78 is 0. The van der Waals surface area contributed by atoms with Gasteiger partial charge in [0.25, 0.3) is 0 Å². The third kappa shape index (κ3) is 5.27. The maximum atomic E-state index is 12.1. The summed E-state index contributed by atoms with van der Waals surface area (Å²) in [5, 5.41) is 2.99. The third-order valence-electron chi connectivity index (χ3n) is 5.01. The summed E-state index contributed by atoms with van der Waals surface area (Å²) in [6, 6.07) is 9.18. The van der Waals surface area contributed by atoms with Gasteiger partial charge in [-0.15, -0.1) is 24.8 Å². The van der Waals surface area contributed by atoms with Crippen LogP contribution in [0.15, 0.2) is 24.3 Å². The van der Waals surface area contributed by atoms with Crippen LogP contribution in [0, 0.1) is 5.92 Å². The van der Waals surface area contributed by atoms with Crippen LogP contribution in [0.5, 0.6) is 0 Å². The lowest BCUT2D eigenvalue weighted by atomic mass is 9.96. The van der Waals surface area contributed by atoms with Crippen molar-refractivity contribution >= 4 is 36.4 Å². The van der Waals surface area contributed by atoms with Gasteiger partial charge in [-0.25, -0.2) is 0 Å². The monoisotopic (exact) mass is 373 g/mol. The molecule has 1 aliphatic heterocycles. The summed E-state index contributed by atoms with van der Waals surface area (Å²) >= 11 is 0. The van der Waals surface area contributed by atoms with Gasteiger partial charge in [0, 0.05) is 37.3 Å². The van der Waals surface area contributed by atoms with E-state index in [9.17, 15) is 4.79 Å². The summed E-state index contributed by atoms with van der Waals surface area (Å²) in [5.41, 5.74) is 8.72. The molecule has 6 heteroatoms. The molecule has 1 aromatic carbocycles. The second-order valence-corrected chi connectivity index (χ2v) is 6.77. The molecule has 3 rings (SSSR count). The Labute approximate surface area is 157 Å². The number of aryl methyl sites for hydroxylation is 1. The number of hydrogen-bond acceptors (Lipinski definition) is 3. The van der Waals surface area contributed by atoms with E-state index in [0.29, 0.717) is 24.9 Å². The standard InChI is InChI=1S/C18H27N3O.2ClH/c1-13-6-7-15-4-2-3-5-17(15)21(13)11-10-18(22)20-12-16(19)14-8-9-14;;/h2-5,13-14,16H,6-12,19H2,1H3,(H,20,22);2*1H. The van der Waals surface area contributed by atoms with Crippen LogP contribution in [-0.2, 0) is 11.2 Å². The van der Waals surface area contributed by atoms with Crippen molar-refractivity contribution in [2.45, 2.75) is 51.1 Å². The van der Waals surface area contributed by atoms with Gasteiger partial charge < -0.3 is 16.0 Å². The molecule has 136 valence electrons. The van der Waals surface area contributed by atoms with E-state index in [4.69, 9.17) is 5.73 Å². The molecule has 4 nitrogen and oxygen atoms in total. The Morgan fingerprint density at radius 2 is 2.00 bits per heavy atom. The van der Waals surface area contributed by atoms with Gasteiger partial charge >= 0.3 is 0 Å². The molecule has 1 fully saturated rings. The maximum Gasteiger partial charge on any atom is 0.221 e. The minimum absolute atomic E-state index is 0. The second kappa shape index (κ2) is 9.50. The Morgan fingerprint density at radius 3 is 2.71 bits per heavy atom. The summed E-state index contributed by atoms with van der Waals surface area (Å²) in [6.45, 7) is 3.65. The Kier molecular flexibility index (Phi) is 8.34. The van der Waals surface area contributed by atoms with Crippen LogP contribution >= 0.6 is 24.8 Å². The quantitative estimate of drug-likeness (QED) is 0.805. The van der Waals surface area contributed by atoms with Crippen molar-refractivity contribution in [3.8, 4) is 0 Å². The topological polar surface area (TPSA) is 58.4 Å². The van der Waals surface area contributed by atoms with Gasteiger partial charge in [-0.1, -0.05) is 18.2 Å². The summed E-state index contributed by atoms with van der Waals surface area (Å²) in [5.74, 6) is 0.751. The average molecular weight is 374 g/mol. The summed E-state index contributed by atoms with van der Waals surface area (Å²) in [6.07, 6.45) is 5.27. The lowest BCUT2D eigenvalue weighted by Crippen LogP contribution is -2.42. The molecule has 1 aromatic rings. The number of amides is 1. The maximum absolute atomic E-state index is 12.1. The third-order valence-corrected chi connectivity index (χ3v) is 5.01. The number of anilines is 1. The van der Waals surface area contributed by atoms with Crippen molar-refractivity contribution in [2.24, 2.45) is 11.7 Å². The number of nitrogens with two attached hydrogens (primary N) is 1. The first-order valence-corrected chi connectivity index (χ1v) is 8.52. The van der Waals surface area contributed by atoms with Crippen molar-refractivity contribution in [1.82, 2.24) is 5.32 Å². The molecule has 0 aromatic heterocycles.